The summed E-state index contributed by atoms with van der Waals surface area (Å²) in [6, 6.07) is 6.20. The van der Waals surface area contributed by atoms with E-state index in [2.05, 4.69) is 4.72 Å². The first-order valence-electron chi connectivity index (χ1n) is 6.82. The van der Waals surface area contributed by atoms with Crippen LogP contribution in [-0.4, -0.2) is 34.3 Å². The van der Waals surface area contributed by atoms with Crippen molar-refractivity contribution < 1.29 is 23.0 Å². The van der Waals surface area contributed by atoms with Crippen LogP contribution in [-0.2, 0) is 10.0 Å². The first-order chi connectivity index (χ1) is 10.9. The lowest BCUT2D eigenvalue weighted by Crippen LogP contribution is -2.28. The van der Waals surface area contributed by atoms with E-state index in [1.165, 1.54) is 43.8 Å². The van der Waals surface area contributed by atoms with Crippen molar-refractivity contribution in [1.82, 2.24) is 4.72 Å². The van der Waals surface area contributed by atoms with E-state index in [1.54, 1.807) is 0 Å². The lowest BCUT2D eigenvalue weighted by atomic mass is 10.2. The first-order valence-corrected chi connectivity index (χ1v) is 9.19. The predicted octanol–water partition coefficient (Wildman–Crippen LogP) is 2.09. The first kappa shape index (κ1) is 17.7. The van der Waals surface area contributed by atoms with Gasteiger partial charge in [0.15, 0.2) is 11.5 Å². The van der Waals surface area contributed by atoms with Crippen molar-refractivity contribution in [3.05, 3.63) is 40.1 Å². The van der Waals surface area contributed by atoms with E-state index in [4.69, 9.17) is 9.47 Å². The number of ether oxygens (including phenoxy) is 2. The van der Waals surface area contributed by atoms with E-state index in [-0.39, 0.29) is 11.4 Å². The Bertz CT molecular complexity index is 770. The number of aliphatic hydroxyl groups excluding tert-OH is 1. The number of aliphatic hydroxyl groups is 1. The fourth-order valence-corrected chi connectivity index (χ4v) is 4.04. The molecule has 2 N–H and O–H groups in total. The third kappa shape index (κ3) is 4.03. The lowest BCUT2D eigenvalue weighted by Gasteiger charge is -2.13. The summed E-state index contributed by atoms with van der Waals surface area (Å²) in [5.41, 5.74) is 0.938. The van der Waals surface area contributed by atoms with Crippen molar-refractivity contribution in [3.63, 3.8) is 0 Å². The Morgan fingerprint density at radius 2 is 1.91 bits per heavy atom. The topological polar surface area (TPSA) is 84.9 Å². The van der Waals surface area contributed by atoms with E-state index >= 15 is 0 Å². The molecule has 0 fully saturated rings. The maximum absolute atomic E-state index is 12.3. The summed E-state index contributed by atoms with van der Waals surface area (Å²) in [6.07, 6.45) is -0.884. The van der Waals surface area contributed by atoms with Gasteiger partial charge in [0.05, 0.1) is 19.1 Å². The van der Waals surface area contributed by atoms with E-state index in [9.17, 15) is 13.5 Å². The second kappa shape index (κ2) is 7.31. The normalized spacial score (nSPS) is 12.9. The van der Waals surface area contributed by atoms with Crippen LogP contribution in [0.5, 0.6) is 11.5 Å². The third-order valence-corrected chi connectivity index (χ3v) is 5.88. The summed E-state index contributed by atoms with van der Waals surface area (Å²) >= 11 is 1.39. The molecule has 0 saturated heterocycles. The molecule has 0 saturated carbocycles. The predicted molar refractivity (Wildman–Crippen MR) is 88.8 cm³/mol. The highest BCUT2D eigenvalue weighted by molar-refractivity contribution is 7.89. The maximum atomic E-state index is 12.3. The van der Waals surface area contributed by atoms with E-state index < -0.39 is 16.1 Å². The number of hydrogen-bond donors (Lipinski definition) is 2. The summed E-state index contributed by atoms with van der Waals surface area (Å²) in [5, 5.41) is 12.0. The Hall–Kier alpha value is -1.61. The highest BCUT2D eigenvalue weighted by atomic mass is 32.2. The summed E-state index contributed by atoms with van der Waals surface area (Å²) in [4.78, 5) is 0.797. The average molecular weight is 357 g/mol. The van der Waals surface area contributed by atoms with E-state index in [1.807, 2.05) is 18.4 Å². The summed E-state index contributed by atoms with van der Waals surface area (Å²) in [6.45, 7) is 1.77. The highest BCUT2D eigenvalue weighted by Crippen LogP contribution is 2.29. The standard InChI is InChI=1S/C15H19NO5S2/c1-10-6-7-22-15(10)12(17)9-16-23(18,19)11-4-5-13(20-2)14(8-11)21-3/h4-8,12,16-17H,9H2,1-3H3. The number of benzene rings is 1. The second-order valence-corrected chi connectivity index (χ2v) is 7.57. The summed E-state index contributed by atoms with van der Waals surface area (Å²) in [5.74, 6) is 0.769. The Morgan fingerprint density at radius 3 is 2.48 bits per heavy atom. The number of thiophene rings is 1. The van der Waals surface area contributed by atoms with Gasteiger partial charge in [0.2, 0.25) is 10.0 Å². The number of methoxy groups -OCH3 is 2. The Kier molecular flexibility index (Phi) is 5.64. The fourth-order valence-electron chi connectivity index (χ4n) is 2.07. The molecule has 2 aromatic rings. The van der Waals surface area contributed by atoms with Crippen molar-refractivity contribution >= 4 is 21.4 Å². The zero-order chi connectivity index (χ0) is 17.0. The van der Waals surface area contributed by atoms with Crippen LogP contribution in [0.3, 0.4) is 0 Å². The Labute approximate surface area is 139 Å². The van der Waals surface area contributed by atoms with Gasteiger partial charge in [-0.3, -0.25) is 0 Å². The molecule has 6 nitrogen and oxygen atoms in total. The van der Waals surface area contributed by atoms with Crippen LogP contribution in [0.25, 0.3) is 0 Å². The van der Waals surface area contributed by atoms with Gasteiger partial charge in [-0.25, -0.2) is 13.1 Å². The molecule has 1 unspecified atom stereocenters. The number of hydrogen-bond acceptors (Lipinski definition) is 6. The van der Waals surface area contributed by atoms with Crippen LogP contribution in [0, 0.1) is 6.92 Å². The van der Waals surface area contributed by atoms with E-state index in [0.29, 0.717) is 11.5 Å². The molecule has 0 amide bonds. The van der Waals surface area contributed by atoms with Crippen molar-refractivity contribution in [3.8, 4) is 11.5 Å². The maximum Gasteiger partial charge on any atom is 0.240 e. The van der Waals surface area contributed by atoms with Crippen molar-refractivity contribution in [2.24, 2.45) is 0 Å². The molecule has 1 atom stereocenters. The molecule has 126 valence electrons. The van der Waals surface area contributed by atoms with Crippen LogP contribution < -0.4 is 14.2 Å². The van der Waals surface area contributed by atoms with Gasteiger partial charge in [-0.1, -0.05) is 0 Å². The summed E-state index contributed by atoms with van der Waals surface area (Å²) in [7, 11) is -0.846. The van der Waals surface area contributed by atoms with Gasteiger partial charge in [0.1, 0.15) is 6.10 Å². The fraction of sp³-hybridized carbons (Fsp3) is 0.333. The zero-order valence-corrected chi connectivity index (χ0v) is 14.7. The van der Waals surface area contributed by atoms with Crippen LogP contribution in [0.1, 0.15) is 16.5 Å². The lowest BCUT2D eigenvalue weighted by molar-refractivity contribution is 0.185. The Morgan fingerprint density at radius 1 is 1.22 bits per heavy atom. The molecule has 0 aliphatic rings. The van der Waals surface area contributed by atoms with Gasteiger partial charge in [0.25, 0.3) is 0 Å². The summed E-state index contributed by atoms with van der Waals surface area (Å²) < 4.78 is 37.3. The molecular weight excluding hydrogens is 338 g/mol. The minimum Gasteiger partial charge on any atom is -0.493 e. The number of aryl methyl sites for hydroxylation is 1. The minimum atomic E-state index is -3.76. The monoisotopic (exact) mass is 357 g/mol. The van der Waals surface area contributed by atoms with Gasteiger partial charge in [-0.2, -0.15) is 0 Å². The molecule has 1 heterocycles. The molecule has 1 aromatic carbocycles. The molecule has 0 bridgehead atoms. The molecule has 1 aromatic heterocycles. The van der Waals surface area contributed by atoms with E-state index in [0.717, 1.165) is 10.4 Å². The van der Waals surface area contributed by atoms with Crippen molar-refractivity contribution in [1.29, 1.82) is 0 Å². The number of nitrogens with one attached hydrogen (secondary N) is 1. The molecule has 0 aliphatic carbocycles. The van der Waals surface area contributed by atoms with Gasteiger partial charge < -0.3 is 14.6 Å². The van der Waals surface area contributed by atoms with Crippen molar-refractivity contribution in [2.75, 3.05) is 20.8 Å². The van der Waals surface area contributed by atoms with Gasteiger partial charge in [-0.15, -0.1) is 11.3 Å². The van der Waals surface area contributed by atoms with Crippen LogP contribution in [0.15, 0.2) is 34.5 Å². The molecule has 23 heavy (non-hydrogen) atoms. The highest BCUT2D eigenvalue weighted by Gasteiger charge is 2.20. The third-order valence-electron chi connectivity index (χ3n) is 3.34. The van der Waals surface area contributed by atoms with Crippen LogP contribution in [0.4, 0.5) is 0 Å². The van der Waals surface area contributed by atoms with Crippen molar-refractivity contribution in [2.45, 2.75) is 17.9 Å². The number of sulfonamides is 1. The SMILES string of the molecule is COc1ccc(S(=O)(=O)NCC(O)c2sccc2C)cc1OC. The Balaban J connectivity index is 2.14. The minimum absolute atomic E-state index is 0.0465. The molecule has 0 aliphatic heterocycles. The smallest absolute Gasteiger partial charge is 0.240 e. The molecular formula is C15H19NO5S2. The molecule has 2 rings (SSSR count). The van der Waals surface area contributed by atoms with Gasteiger partial charge in [0, 0.05) is 17.5 Å². The largest absolute Gasteiger partial charge is 0.493 e. The molecule has 8 heteroatoms. The molecule has 0 radical (unpaired) electrons. The quantitative estimate of drug-likeness (QED) is 0.792. The van der Waals surface area contributed by atoms with Gasteiger partial charge >= 0.3 is 0 Å². The second-order valence-electron chi connectivity index (χ2n) is 4.85. The van der Waals surface area contributed by atoms with Crippen LogP contribution >= 0.6 is 11.3 Å². The molecule has 0 spiro atoms. The average Bonchev–Trinajstić information content (AvgIpc) is 2.98. The van der Waals surface area contributed by atoms with Gasteiger partial charge in [-0.05, 0) is 36.1 Å². The van der Waals surface area contributed by atoms with Crippen LogP contribution in [0.2, 0.25) is 0 Å². The zero-order valence-electron chi connectivity index (χ0n) is 13.1. The number of rotatable bonds is 7.